The molecule has 2 N–H and O–H groups in total. The van der Waals surface area contributed by atoms with E-state index in [1.165, 1.54) is 38.5 Å². The maximum atomic E-state index is 13.2. The van der Waals surface area contributed by atoms with Gasteiger partial charge in [-0.2, -0.15) is 0 Å². The number of nitrogens with one attached hydrogen (secondary N) is 1. The minimum absolute atomic E-state index is 0.0708. The standard InChI is InChI=1S/C24H36N2O2/c1-23-9-7-16(27)13-15(23)3-4-17-18-5-6-20(24(18,2)10-8-19(17)23)21(28)14-22-25-11-12-26-22/h11-12,15-20,27H,3-10,13-14H2,1-2H3,(H,25,26)/t15?,16?,17-,18-,19-,20+,23-,24-/m0/s1. The molecular weight excluding hydrogens is 348 g/mol. The van der Waals surface area contributed by atoms with Gasteiger partial charge in [0.15, 0.2) is 0 Å². The fourth-order valence-electron chi connectivity index (χ4n) is 8.45. The number of carbonyl (C=O) groups is 1. The van der Waals surface area contributed by atoms with E-state index in [1.54, 1.807) is 6.20 Å². The van der Waals surface area contributed by atoms with Gasteiger partial charge in [0.1, 0.15) is 11.6 Å². The predicted molar refractivity (Wildman–Crippen MR) is 109 cm³/mol. The molecule has 0 bridgehead atoms. The molecule has 0 spiro atoms. The fourth-order valence-corrected chi connectivity index (χ4v) is 8.45. The summed E-state index contributed by atoms with van der Waals surface area (Å²) in [7, 11) is 0. The average molecular weight is 385 g/mol. The van der Waals surface area contributed by atoms with Crippen LogP contribution in [0.3, 0.4) is 0 Å². The van der Waals surface area contributed by atoms with Crippen LogP contribution in [0.15, 0.2) is 12.4 Å². The third-order valence-corrected chi connectivity index (χ3v) is 9.92. The first-order valence-electron chi connectivity index (χ1n) is 11.6. The lowest BCUT2D eigenvalue weighted by Gasteiger charge is -2.60. The zero-order valence-corrected chi connectivity index (χ0v) is 17.5. The minimum atomic E-state index is -0.0708. The topological polar surface area (TPSA) is 66.0 Å². The minimum Gasteiger partial charge on any atom is -0.393 e. The summed E-state index contributed by atoms with van der Waals surface area (Å²) in [5, 5.41) is 10.2. The molecule has 4 saturated carbocycles. The Morgan fingerprint density at radius 2 is 1.89 bits per heavy atom. The largest absolute Gasteiger partial charge is 0.393 e. The molecule has 0 saturated heterocycles. The van der Waals surface area contributed by atoms with Gasteiger partial charge < -0.3 is 10.1 Å². The van der Waals surface area contributed by atoms with Gasteiger partial charge in [-0.25, -0.2) is 4.98 Å². The second-order valence-electron chi connectivity index (χ2n) is 10.9. The number of Topliss-reactive ketones (excluding diaryl/α,β-unsaturated/α-hetero) is 1. The van der Waals surface area contributed by atoms with E-state index >= 15 is 0 Å². The van der Waals surface area contributed by atoms with Gasteiger partial charge in [0.05, 0.1) is 12.5 Å². The Balaban J connectivity index is 1.36. The van der Waals surface area contributed by atoms with Crippen LogP contribution < -0.4 is 0 Å². The molecule has 0 radical (unpaired) electrons. The number of H-pyrrole nitrogens is 1. The van der Waals surface area contributed by atoms with E-state index < -0.39 is 0 Å². The number of hydrogen-bond donors (Lipinski definition) is 2. The molecule has 0 aromatic carbocycles. The Kier molecular flexibility index (Phi) is 4.50. The van der Waals surface area contributed by atoms with Gasteiger partial charge in [0, 0.05) is 18.3 Å². The van der Waals surface area contributed by atoms with Crippen LogP contribution >= 0.6 is 0 Å². The van der Waals surface area contributed by atoms with Crippen molar-refractivity contribution in [3.05, 3.63) is 18.2 Å². The summed E-state index contributed by atoms with van der Waals surface area (Å²) in [5.74, 6) is 4.44. The normalized spacial score (nSPS) is 47.8. The number of aliphatic hydroxyl groups is 1. The molecule has 154 valence electrons. The number of rotatable bonds is 3. The van der Waals surface area contributed by atoms with Crippen LogP contribution in [-0.4, -0.2) is 27.0 Å². The quantitative estimate of drug-likeness (QED) is 0.804. The van der Waals surface area contributed by atoms with Crippen LogP contribution in [-0.2, 0) is 11.2 Å². The number of aromatic amines is 1. The Morgan fingerprint density at radius 3 is 2.68 bits per heavy atom. The molecule has 1 aromatic rings. The van der Waals surface area contributed by atoms with Crippen LogP contribution in [0.4, 0.5) is 0 Å². The van der Waals surface area contributed by atoms with Crippen LogP contribution in [0.5, 0.6) is 0 Å². The number of carbonyl (C=O) groups excluding carboxylic acids is 1. The zero-order chi connectivity index (χ0) is 19.5. The predicted octanol–water partition coefficient (Wildman–Crippen LogP) is 4.54. The summed E-state index contributed by atoms with van der Waals surface area (Å²) in [6.45, 7) is 4.97. The number of nitrogens with zero attached hydrogens (tertiary/aromatic N) is 1. The summed E-state index contributed by atoms with van der Waals surface area (Å²) in [6.07, 6.45) is 14.6. The van der Waals surface area contributed by atoms with Crippen LogP contribution in [0.25, 0.3) is 0 Å². The van der Waals surface area contributed by atoms with E-state index in [0.29, 0.717) is 29.5 Å². The Bertz CT molecular complexity index is 731. The van der Waals surface area contributed by atoms with Crippen molar-refractivity contribution in [1.82, 2.24) is 9.97 Å². The summed E-state index contributed by atoms with van der Waals surface area (Å²) in [6, 6.07) is 0. The molecule has 8 atom stereocenters. The number of aromatic nitrogens is 2. The van der Waals surface area contributed by atoms with Gasteiger partial charge in [-0.3, -0.25) is 4.79 Å². The van der Waals surface area contributed by atoms with Crippen LogP contribution in [0.2, 0.25) is 0 Å². The number of aliphatic hydroxyl groups excluding tert-OH is 1. The van der Waals surface area contributed by atoms with Gasteiger partial charge in [0.2, 0.25) is 0 Å². The van der Waals surface area contributed by atoms with Crippen molar-refractivity contribution in [1.29, 1.82) is 0 Å². The first kappa shape index (κ1) is 18.8. The summed E-state index contributed by atoms with van der Waals surface area (Å²) >= 11 is 0. The van der Waals surface area contributed by atoms with E-state index in [1.807, 2.05) is 6.20 Å². The van der Waals surface area contributed by atoms with Crippen molar-refractivity contribution in [2.24, 2.45) is 40.4 Å². The van der Waals surface area contributed by atoms with Crippen molar-refractivity contribution >= 4 is 5.78 Å². The second kappa shape index (κ2) is 6.68. The molecular formula is C24H36N2O2. The second-order valence-corrected chi connectivity index (χ2v) is 10.9. The smallest absolute Gasteiger partial charge is 0.144 e. The van der Waals surface area contributed by atoms with Crippen molar-refractivity contribution in [2.75, 3.05) is 0 Å². The molecule has 4 nitrogen and oxygen atoms in total. The highest BCUT2D eigenvalue weighted by molar-refractivity contribution is 5.83. The van der Waals surface area contributed by atoms with E-state index in [2.05, 4.69) is 23.8 Å². The lowest BCUT2D eigenvalue weighted by molar-refractivity contribution is -0.139. The SMILES string of the molecule is C[C@]12CC[C@H]3[C@@H](CCC4CC(O)CC[C@@]43C)[C@@H]1CC[C@@H]2C(=O)Cc1ncc[nH]1. The molecule has 0 aliphatic heterocycles. The third-order valence-electron chi connectivity index (χ3n) is 9.92. The lowest BCUT2D eigenvalue weighted by Crippen LogP contribution is -2.54. The molecule has 4 aliphatic rings. The summed E-state index contributed by atoms with van der Waals surface area (Å²) in [5.41, 5.74) is 0.599. The molecule has 5 rings (SSSR count). The third kappa shape index (κ3) is 2.74. The molecule has 1 aromatic heterocycles. The maximum Gasteiger partial charge on any atom is 0.144 e. The van der Waals surface area contributed by atoms with E-state index in [-0.39, 0.29) is 17.4 Å². The van der Waals surface area contributed by atoms with E-state index in [0.717, 1.165) is 36.9 Å². The first-order valence-corrected chi connectivity index (χ1v) is 11.6. The summed E-state index contributed by atoms with van der Waals surface area (Å²) < 4.78 is 0. The number of fused-ring (bicyclic) bond motifs is 5. The van der Waals surface area contributed by atoms with Crippen LogP contribution in [0, 0.1) is 40.4 Å². The van der Waals surface area contributed by atoms with Gasteiger partial charge in [-0.05, 0) is 92.3 Å². The van der Waals surface area contributed by atoms with Gasteiger partial charge in [-0.15, -0.1) is 0 Å². The maximum absolute atomic E-state index is 13.2. The van der Waals surface area contributed by atoms with Crippen molar-refractivity contribution < 1.29 is 9.90 Å². The van der Waals surface area contributed by atoms with Crippen molar-refractivity contribution in [2.45, 2.75) is 84.2 Å². The Hall–Kier alpha value is -1.16. The monoisotopic (exact) mass is 384 g/mol. The van der Waals surface area contributed by atoms with Gasteiger partial charge in [-0.1, -0.05) is 13.8 Å². The van der Waals surface area contributed by atoms with Gasteiger partial charge >= 0.3 is 0 Å². The molecule has 2 unspecified atom stereocenters. The molecule has 4 aliphatic carbocycles. The van der Waals surface area contributed by atoms with E-state index in [4.69, 9.17) is 0 Å². The highest BCUT2D eigenvalue weighted by Gasteiger charge is 2.61. The Labute approximate surface area is 168 Å². The molecule has 1 heterocycles. The highest BCUT2D eigenvalue weighted by atomic mass is 16.3. The highest BCUT2D eigenvalue weighted by Crippen LogP contribution is 2.67. The first-order chi connectivity index (χ1) is 13.4. The lowest BCUT2D eigenvalue weighted by atomic mass is 9.44. The average Bonchev–Trinajstić information content (AvgIpc) is 3.29. The molecule has 4 heteroatoms. The number of ketones is 1. The number of hydrogen-bond acceptors (Lipinski definition) is 3. The van der Waals surface area contributed by atoms with Crippen molar-refractivity contribution in [3.8, 4) is 0 Å². The fraction of sp³-hybridized carbons (Fsp3) is 0.833. The van der Waals surface area contributed by atoms with Crippen molar-refractivity contribution in [3.63, 3.8) is 0 Å². The Morgan fingerprint density at radius 1 is 1.11 bits per heavy atom. The zero-order valence-electron chi connectivity index (χ0n) is 17.5. The van der Waals surface area contributed by atoms with E-state index in [9.17, 15) is 9.90 Å². The van der Waals surface area contributed by atoms with Gasteiger partial charge in [0.25, 0.3) is 0 Å². The van der Waals surface area contributed by atoms with Crippen LogP contribution in [0.1, 0.15) is 77.5 Å². The summed E-state index contributed by atoms with van der Waals surface area (Å²) in [4.78, 5) is 20.6. The molecule has 0 amide bonds. The number of imidazole rings is 1. The molecule has 4 fully saturated rings. The molecule has 28 heavy (non-hydrogen) atoms.